The zero-order valence-electron chi connectivity index (χ0n) is 14.4. The van der Waals surface area contributed by atoms with E-state index in [0.717, 1.165) is 44.5 Å². The number of pyridine rings is 1. The molecule has 1 aromatic rings. The van der Waals surface area contributed by atoms with Gasteiger partial charge in [0.1, 0.15) is 5.82 Å². The molecule has 2 saturated heterocycles. The first kappa shape index (κ1) is 15.9. The molecule has 130 valence electrons. The molecule has 4 rings (SSSR count). The number of rotatable bonds is 4. The van der Waals surface area contributed by atoms with Crippen molar-refractivity contribution in [3.63, 3.8) is 0 Å². The molecule has 5 nitrogen and oxygen atoms in total. The highest BCUT2D eigenvalue weighted by molar-refractivity contribution is 5.76. The fourth-order valence-electron chi connectivity index (χ4n) is 4.06. The number of nitrogens with zero attached hydrogens (tertiary/aromatic N) is 4. The average molecular weight is 328 g/mol. The van der Waals surface area contributed by atoms with Crippen LogP contribution in [0, 0.1) is 5.92 Å². The zero-order valence-corrected chi connectivity index (χ0v) is 14.4. The molecule has 0 bridgehead atoms. The fraction of sp³-hybridized carbons (Fsp3) is 0.684. The summed E-state index contributed by atoms with van der Waals surface area (Å²) in [5.74, 6) is 1.99. The van der Waals surface area contributed by atoms with E-state index in [9.17, 15) is 4.79 Å². The second-order valence-corrected chi connectivity index (χ2v) is 7.47. The Bertz CT molecular complexity index is 544. The van der Waals surface area contributed by atoms with Crippen molar-refractivity contribution in [2.24, 2.45) is 5.92 Å². The summed E-state index contributed by atoms with van der Waals surface area (Å²) in [7, 11) is 0. The van der Waals surface area contributed by atoms with E-state index in [1.54, 1.807) is 0 Å². The minimum absolute atomic E-state index is 0.362. The molecule has 3 heterocycles. The summed E-state index contributed by atoms with van der Waals surface area (Å²) < 4.78 is 0. The van der Waals surface area contributed by atoms with Crippen LogP contribution in [0.25, 0.3) is 0 Å². The molecule has 1 saturated carbocycles. The number of carbonyl (C=O) groups excluding carboxylic acids is 1. The summed E-state index contributed by atoms with van der Waals surface area (Å²) in [6, 6.07) is 6.89. The van der Waals surface area contributed by atoms with Crippen LogP contribution in [0.15, 0.2) is 24.4 Å². The quantitative estimate of drug-likeness (QED) is 0.847. The lowest BCUT2D eigenvalue weighted by atomic mass is 9.92. The van der Waals surface area contributed by atoms with E-state index in [1.807, 2.05) is 24.4 Å². The molecule has 0 unspecified atom stereocenters. The topological polar surface area (TPSA) is 39.7 Å². The molecule has 1 amide bonds. The lowest BCUT2D eigenvalue weighted by Gasteiger charge is -2.37. The van der Waals surface area contributed by atoms with Crippen molar-refractivity contribution in [3.8, 4) is 0 Å². The second kappa shape index (κ2) is 7.09. The SMILES string of the molecule is O=C(CC1CCN(C2CC2)CC1)N1CCN(c2ccccn2)CC1. The van der Waals surface area contributed by atoms with Crippen LogP contribution in [0.2, 0.25) is 0 Å². The lowest BCUT2D eigenvalue weighted by Crippen LogP contribution is -2.49. The van der Waals surface area contributed by atoms with Crippen molar-refractivity contribution in [1.82, 2.24) is 14.8 Å². The van der Waals surface area contributed by atoms with E-state index in [0.29, 0.717) is 11.8 Å². The molecule has 24 heavy (non-hydrogen) atoms. The summed E-state index contributed by atoms with van der Waals surface area (Å²) >= 11 is 0. The highest BCUT2D eigenvalue weighted by Gasteiger charge is 2.33. The Hall–Kier alpha value is -1.62. The third-order valence-corrected chi connectivity index (χ3v) is 5.78. The second-order valence-electron chi connectivity index (χ2n) is 7.47. The van der Waals surface area contributed by atoms with Gasteiger partial charge in [-0.25, -0.2) is 4.98 Å². The number of carbonyl (C=O) groups is 1. The summed E-state index contributed by atoms with van der Waals surface area (Å²) in [6.07, 6.45) is 7.78. The third-order valence-electron chi connectivity index (χ3n) is 5.78. The van der Waals surface area contributed by atoms with Crippen LogP contribution in [-0.2, 0) is 4.79 Å². The van der Waals surface area contributed by atoms with Crippen LogP contribution in [0.4, 0.5) is 5.82 Å². The maximum atomic E-state index is 12.6. The molecule has 1 aromatic heterocycles. The number of amides is 1. The highest BCUT2D eigenvalue weighted by atomic mass is 16.2. The number of hydrogen-bond acceptors (Lipinski definition) is 4. The number of hydrogen-bond donors (Lipinski definition) is 0. The predicted molar refractivity (Wildman–Crippen MR) is 95.0 cm³/mol. The Morgan fingerprint density at radius 3 is 2.38 bits per heavy atom. The van der Waals surface area contributed by atoms with Crippen LogP contribution in [0.3, 0.4) is 0 Å². The smallest absolute Gasteiger partial charge is 0.222 e. The van der Waals surface area contributed by atoms with Gasteiger partial charge in [-0.05, 0) is 56.8 Å². The van der Waals surface area contributed by atoms with Crippen LogP contribution in [-0.4, -0.2) is 66.0 Å². The predicted octanol–water partition coefficient (Wildman–Crippen LogP) is 1.99. The van der Waals surface area contributed by atoms with Gasteiger partial charge in [0.15, 0.2) is 0 Å². The number of likely N-dealkylation sites (tertiary alicyclic amines) is 1. The molecule has 3 fully saturated rings. The molecule has 5 heteroatoms. The van der Waals surface area contributed by atoms with Crippen molar-refractivity contribution in [2.45, 2.75) is 38.1 Å². The van der Waals surface area contributed by atoms with Gasteiger partial charge in [0.25, 0.3) is 0 Å². The molecule has 0 aromatic carbocycles. The van der Waals surface area contributed by atoms with Gasteiger partial charge < -0.3 is 14.7 Å². The molecule has 0 radical (unpaired) electrons. The van der Waals surface area contributed by atoms with Gasteiger partial charge in [-0.15, -0.1) is 0 Å². The van der Waals surface area contributed by atoms with Crippen LogP contribution in [0.1, 0.15) is 32.1 Å². The fourth-order valence-corrected chi connectivity index (χ4v) is 4.06. The monoisotopic (exact) mass is 328 g/mol. The Morgan fingerprint density at radius 1 is 1.00 bits per heavy atom. The average Bonchev–Trinajstić information content (AvgIpc) is 3.48. The van der Waals surface area contributed by atoms with E-state index in [2.05, 4.69) is 19.7 Å². The summed E-state index contributed by atoms with van der Waals surface area (Å²) in [5.41, 5.74) is 0. The first-order chi connectivity index (χ1) is 11.8. The van der Waals surface area contributed by atoms with Crippen LogP contribution >= 0.6 is 0 Å². The largest absolute Gasteiger partial charge is 0.353 e. The maximum Gasteiger partial charge on any atom is 0.222 e. The molecule has 3 aliphatic rings. The van der Waals surface area contributed by atoms with E-state index in [-0.39, 0.29) is 0 Å². The van der Waals surface area contributed by atoms with Crippen LogP contribution in [0.5, 0.6) is 0 Å². The highest BCUT2D eigenvalue weighted by Crippen LogP contribution is 2.31. The minimum atomic E-state index is 0.362. The third kappa shape index (κ3) is 3.72. The van der Waals surface area contributed by atoms with E-state index >= 15 is 0 Å². The van der Waals surface area contributed by atoms with Crippen molar-refractivity contribution in [3.05, 3.63) is 24.4 Å². The van der Waals surface area contributed by atoms with Gasteiger partial charge in [0.05, 0.1) is 0 Å². The summed E-state index contributed by atoms with van der Waals surface area (Å²) in [5, 5.41) is 0. The molecule has 1 aliphatic carbocycles. The molecular formula is C19H28N4O. The molecule has 0 atom stereocenters. The number of piperidine rings is 1. The normalized spacial score (nSPS) is 23.5. The Labute approximate surface area is 144 Å². The molecule has 0 N–H and O–H groups in total. The number of piperazine rings is 1. The maximum absolute atomic E-state index is 12.6. The summed E-state index contributed by atoms with van der Waals surface area (Å²) in [6.45, 7) is 5.85. The van der Waals surface area contributed by atoms with Crippen molar-refractivity contribution in [2.75, 3.05) is 44.2 Å². The van der Waals surface area contributed by atoms with Gasteiger partial charge in [0.2, 0.25) is 5.91 Å². The first-order valence-corrected chi connectivity index (χ1v) is 9.47. The molecular weight excluding hydrogens is 300 g/mol. The Balaban J connectivity index is 1.22. The lowest BCUT2D eigenvalue weighted by molar-refractivity contribution is -0.132. The van der Waals surface area contributed by atoms with Gasteiger partial charge in [-0.3, -0.25) is 4.79 Å². The van der Waals surface area contributed by atoms with E-state index in [1.165, 1.54) is 38.8 Å². The first-order valence-electron chi connectivity index (χ1n) is 9.47. The van der Waals surface area contributed by atoms with E-state index in [4.69, 9.17) is 0 Å². The standard InChI is InChI=1S/C19H28N4O/c24-19(15-16-6-9-21(10-7-16)17-4-5-17)23-13-11-22(12-14-23)18-3-1-2-8-20-18/h1-3,8,16-17H,4-7,9-15H2. The zero-order chi connectivity index (χ0) is 16.4. The number of anilines is 1. The van der Waals surface area contributed by atoms with Crippen molar-refractivity contribution >= 4 is 11.7 Å². The summed E-state index contributed by atoms with van der Waals surface area (Å²) in [4.78, 5) is 24.0. The van der Waals surface area contributed by atoms with Gasteiger partial charge in [0, 0.05) is 44.8 Å². The minimum Gasteiger partial charge on any atom is -0.353 e. The Morgan fingerprint density at radius 2 is 1.75 bits per heavy atom. The van der Waals surface area contributed by atoms with Crippen LogP contribution < -0.4 is 4.90 Å². The Kier molecular flexibility index (Phi) is 4.69. The van der Waals surface area contributed by atoms with Crippen molar-refractivity contribution in [1.29, 1.82) is 0 Å². The van der Waals surface area contributed by atoms with Gasteiger partial charge in [-0.2, -0.15) is 0 Å². The van der Waals surface area contributed by atoms with Gasteiger partial charge in [-0.1, -0.05) is 6.07 Å². The van der Waals surface area contributed by atoms with Crippen molar-refractivity contribution < 1.29 is 4.79 Å². The van der Waals surface area contributed by atoms with E-state index < -0.39 is 0 Å². The van der Waals surface area contributed by atoms with Gasteiger partial charge >= 0.3 is 0 Å². The molecule has 2 aliphatic heterocycles. The molecule has 0 spiro atoms. The number of aromatic nitrogens is 1.